The van der Waals surface area contributed by atoms with Crippen molar-refractivity contribution in [3.05, 3.63) is 48.3 Å². The Bertz CT molecular complexity index is 785. The molecule has 1 aromatic carbocycles. The number of benzene rings is 1. The molecule has 0 unspecified atom stereocenters. The van der Waals surface area contributed by atoms with E-state index in [1.165, 1.54) is 6.20 Å². The number of methoxy groups -OCH3 is 1. The van der Waals surface area contributed by atoms with Crippen LogP contribution in [0.25, 0.3) is 16.9 Å². The second kappa shape index (κ2) is 4.42. The van der Waals surface area contributed by atoms with Crippen molar-refractivity contribution in [3.8, 4) is 23.1 Å². The van der Waals surface area contributed by atoms with E-state index in [4.69, 9.17) is 10.00 Å². The molecule has 5 nitrogen and oxygen atoms in total. The fourth-order valence-electron chi connectivity index (χ4n) is 1.89. The molecule has 19 heavy (non-hydrogen) atoms. The number of nitrogens with zero attached hydrogens (tertiary/aromatic N) is 4. The fraction of sp³-hybridized carbons (Fsp3) is 0.0714. The van der Waals surface area contributed by atoms with Crippen LogP contribution in [0.15, 0.2) is 42.7 Å². The van der Waals surface area contributed by atoms with Gasteiger partial charge < -0.3 is 4.74 Å². The van der Waals surface area contributed by atoms with Crippen LogP contribution in [-0.2, 0) is 0 Å². The Balaban J connectivity index is 2.17. The molecular weight excluding hydrogens is 240 g/mol. The van der Waals surface area contributed by atoms with Crippen LogP contribution in [0.2, 0.25) is 0 Å². The molecule has 0 spiro atoms. The maximum absolute atomic E-state index is 9.00. The van der Waals surface area contributed by atoms with Gasteiger partial charge in [-0.25, -0.2) is 9.50 Å². The quantitative estimate of drug-likeness (QED) is 0.700. The van der Waals surface area contributed by atoms with Crippen LogP contribution in [0.3, 0.4) is 0 Å². The Morgan fingerprint density at radius 3 is 3.00 bits per heavy atom. The Kier molecular flexibility index (Phi) is 2.62. The van der Waals surface area contributed by atoms with Gasteiger partial charge in [0.2, 0.25) is 0 Å². The molecule has 0 N–H and O–H groups in total. The topological polar surface area (TPSA) is 63.2 Å². The fourth-order valence-corrected chi connectivity index (χ4v) is 1.89. The lowest BCUT2D eigenvalue weighted by atomic mass is 10.1. The van der Waals surface area contributed by atoms with Crippen molar-refractivity contribution in [3.63, 3.8) is 0 Å². The number of fused-ring (bicyclic) bond motifs is 1. The molecule has 0 bridgehead atoms. The SMILES string of the molecule is COc1cccc(-c2ccn3ncc(C#N)c3n2)c1. The monoisotopic (exact) mass is 250 g/mol. The molecule has 0 saturated heterocycles. The summed E-state index contributed by atoms with van der Waals surface area (Å²) in [6.07, 6.45) is 3.30. The molecule has 0 amide bonds. The van der Waals surface area contributed by atoms with Crippen LogP contribution >= 0.6 is 0 Å². The van der Waals surface area contributed by atoms with E-state index in [0.717, 1.165) is 17.0 Å². The summed E-state index contributed by atoms with van der Waals surface area (Å²) in [5.74, 6) is 0.771. The second-order valence-corrected chi connectivity index (χ2v) is 3.98. The van der Waals surface area contributed by atoms with Gasteiger partial charge in [-0.15, -0.1) is 0 Å². The van der Waals surface area contributed by atoms with E-state index >= 15 is 0 Å². The van der Waals surface area contributed by atoms with Crippen molar-refractivity contribution >= 4 is 5.65 Å². The number of ether oxygens (including phenoxy) is 1. The van der Waals surface area contributed by atoms with Gasteiger partial charge in [-0.2, -0.15) is 10.4 Å². The summed E-state index contributed by atoms with van der Waals surface area (Å²) < 4.78 is 6.78. The molecule has 3 rings (SSSR count). The van der Waals surface area contributed by atoms with Crippen LogP contribution < -0.4 is 4.74 Å². The van der Waals surface area contributed by atoms with E-state index in [2.05, 4.69) is 16.2 Å². The van der Waals surface area contributed by atoms with Gasteiger partial charge in [0.15, 0.2) is 5.65 Å². The van der Waals surface area contributed by atoms with Crippen LogP contribution in [0.5, 0.6) is 5.75 Å². The van der Waals surface area contributed by atoms with Crippen LogP contribution in [0.1, 0.15) is 5.56 Å². The van der Waals surface area contributed by atoms with Crippen molar-refractivity contribution in [2.45, 2.75) is 0 Å². The Morgan fingerprint density at radius 2 is 2.21 bits per heavy atom. The second-order valence-electron chi connectivity index (χ2n) is 3.98. The summed E-state index contributed by atoms with van der Waals surface area (Å²) in [5, 5.41) is 13.1. The first-order chi connectivity index (χ1) is 9.31. The molecular formula is C14H10N4O. The van der Waals surface area contributed by atoms with Gasteiger partial charge in [0.25, 0.3) is 0 Å². The van der Waals surface area contributed by atoms with Gasteiger partial charge in [0, 0.05) is 11.8 Å². The van der Waals surface area contributed by atoms with Crippen molar-refractivity contribution in [2.24, 2.45) is 0 Å². The molecule has 0 atom stereocenters. The zero-order valence-corrected chi connectivity index (χ0v) is 10.2. The Morgan fingerprint density at radius 1 is 1.32 bits per heavy atom. The number of rotatable bonds is 2. The highest BCUT2D eigenvalue weighted by atomic mass is 16.5. The smallest absolute Gasteiger partial charge is 0.173 e. The van der Waals surface area contributed by atoms with E-state index in [9.17, 15) is 0 Å². The van der Waals surface area contributed by atoms with Crippen LogP contribution in [0, 0.1) is 11.3 Å². The van der Waals surface area contributed by atoms with Gasteiger partial charge in [0.05, 0.1) is 19.0 Å². The molecule has 0 fully saturated rings. The van der Waals surface area contributed by atoms with Gasteiger partial charge in [-0.3, -0.25) is 0 Å². The molecule has 2 heterocycles. The number of aromatic nitrogens is 3. The van der Waals surface area contributed by atoms with Crippen LogP contribution in [-0.4, -0.2) is 21.7 Å². The first kappa shape index (κ1) is 11.2. The minimum atomic E-state index is 0.463. The lowest BCUT2D eigenvalue weighted by Crippen LogP contribution is -1.93. The molecule has 5 heteroatoms. The van der Waals surface area contributed by atoms with Crippen molar-refractivity contribution in [1.29, 1.82) is 5.26 Å². The standard InChI is InChI=1S/C14H10N4O/c1-19-12-4-2-3-10(7-12)13-5-6-18-14(17-13)11(8-15)9-16-18/h2-7,9H,1H3. The Hall–Kier alpha value is -2.87. The van der Waals surface area contributed by atoms with Crippen molar-refractivity contribution in [1.82, 2.24) is 14.6 Å². The summed E-state index contributed by atoms with van der Waals surface area (Å²) in [6.45, 7) is 0. The van der Waals surface area contributed by atoms with E-state index in [1.807, 2.05) is 30.3 Å². The van der Waals surface area contributed by atoms with E-state index in [1.54, 1.807) is 17.8 Å². The highest BCUT2D eigenvalue weighted by molar-refractivity contribution is 5.65. The Labute approximate surface area is 109 Å². The van der Waals surface area contributed by atoms with Crippen molar-refractivity contribution in [2.75, 3.05) is 7.11 Å². The van der Waals surface area contributed by atoms with Gasteiger partial charge in [-0.05, 0) is 18.2 Å². The van der Waals surface area contributed by atoms with E-state index in [0.29, 0.717) is 11.2 Å². The summed E-state index contributed by atoms with van der Waals surface area (Å²) in [5.41, 5.74) is 2.74. The first-order valence-corrected chi connectivity index (χ1v) is 5.71. The maximum Gasteiger partial charge on any atom is 0.173 e. The number of hydrogen-bond acceptors (Lipinski definition) is 4. The molecule has 0 aliphatic heterocycles. The summed E-state index contributed by atoms with van der Waals surface area (Å²) in [6, 6.07) is 11.6. The summed E-state index contributed by atoms with van der Waals surface area (Å²) >= 11 is 0. The minimum Gasteiger partial charge on any atom is -0.497 e. The van der Waals surface area contributed by atoms with Gasteiger partial charge in [0.1, 0.15) is 17.4 Å². The minimum absolute atomic E-state index is 0.463. The van der Waals surface area contributed by atoms with Gasteiger partial charge in [-0.1, -0.05) is 12.1 Å². The maximum atomic E-state index is 9.00. The third-order valence-electron chi connectivity index (χ3n) is 2.86. The summed E-state index contributed by atoms with van der Waals surface area (Å²) in [4.78, 5) is 4.47. The number of nitriles is 1. The van der Waals surface area contributed by atoms with Crippen LogP contribution in [0.4, 0.5) is 0 Å². The molecule has 2 aromatic heterocycles. The molecule has 3 aromatic rings. The summed E-state index contributed by atoms with van der Waals surface area (Å²) in [7, 11) is 1.63. The normalized spacial score (nSPS) is 10.3. The largest absolute Gasteiger partial charge is 0.497 e. The lowest BCUT2D eigenvalue weighted by Gasteiger charge is -2.04. The highest BCUT2D eigenvalue weighted by Gasteiger charge is 2.07. The average Bonchev–Trinajstić information content (AvgIpc) is 2.89. The zero-order valence-electron chi connectivity index (χ0n) is 10.2. The third-order valence-corrected chi connectivity index (χ3v) is 2.86. The first-order valence-electron chi connectivity index (χ1n) is 5.71. The highest BCUT2D eigenvalue weighted by Crippen LogP contribution is 2.22. The van der Waals surface area contributed by atoms with E-state index < -0.39 is 0 Å². The van der Waals surface area contributed by atoms with E-state index in [-0.39, 0.29) is 0 Å². The predicted molar refractivity (Wildman–Crippen MR) is 69.7 cm³/mol. The predicted octanol–water partition coefficient (Wildman–Crippen LogP) is 2.28. The average molecular weight is 250 g/mol. The lowest BCUT2D eigenvalue weighted by molar-refractivity contribution is 0.415. The molecule has 0 radical (unpaired) electrons. The van der Waals surface area contributed by atoms with Crippen molar-refractivity contribution < 1.29 is 4.74 Å². The molecule has 92 valence electrons. The van der Waals surface area contributed by atoms with Gasteiger partial charge >= 0.3 is 0 Å². The molecule has 0 aliphatic rings. The molecule has 0 aliphatic carbocycles. The zero-order chi connectivity index (χ0) is 13.2. The third kappa shape index (κ3) is 1.89. The molecule has 0 saturated carbocycles. The number of hydrogen-bond donors (Lipinski definition) is 0.